The second kappa shape index (κ2) is 5.62. The van der Waals surface area contributed by atoms with Crippen molar-refractivity contribution in [1.82, 2.24) is 10.2 Å². The summed E-state index contributed by atoms with van der Waals surface area (Å²) in [4.78, 5) is 41.3. The van der Waals surface area contributed by atoms with Crippen LogP contribution >= 0.6 is 0 Å². The molecule has 0 unspecified atom stereocenters. The maximum atomic E-state index is 13.5. The third kappa shape index (κ3) is 2.01. The highest BCUT2D eigenvalue weighted by Gasteiger charge is 2.71. The van der Waals surface area contributed by atoms with Crippen LogP contribution < -0.4 is 10.6 Å². The fraction of sp³-hybridized carbons (Fsp3) is 0.550. The van der Waals surface area contributed by atoms with Gasteiger partial charge in [-0.25, -0.2) is 0 Å². The number of hydrogen-bond acceptors (Lipinski definition) is 5. The van der Waals surface area contributed by atoms with E-state index in [4.69, 9.17) is 0 Å². The van der Waals surface area contributed by atoms with Gasteiger partial charge in [0.2, 0.25) is 17.7 Å². The first-order valence-electron chi connectivity index (χ1n) is 9.70. The van der Waals surface area contributed by atoms with Crippen molar-refractivity contribution in [2.24, 2.45) is 11.8 Å². The number of aliphatic hydroxyl groups excluding tert-OH is 1. The van der Waals surface area contributed by atoms with Crippen molar-refractivity contribution in [3.05, 3.63) is 29.8 Å². The Hall–Kier alpha value is -2.25. The van der Waals surface area contributed by atoms with Crippen molar-refractivity contribution in [2.45, 2.75) is 56.3 Å². The SMILES string of the molecule is C[C@H](O)[C@@H]1N[C@]2(C(=O)Nc3ccccc32)[C@@H]2C(=O)N(C3CCCC3)C(=O)[C@H]12. The van der Waals surface area contributed by atoms with E-state index in [1.807, 2.05) is 18.2 Å². The molecule has 1 aromatic rings. The third-order valence-corrected chi connectivity index (χ3v) is 6.80. The molecule has 5 atom stereocenters. The number of aliphatic hydroxyl groups is 1. The van der Waals surface area contributed by atoms with Crippen LogP contribution in [-0.2, 0) is 19.9 Å². The molecule has 0 aromatic heterocycles. The van der Waals surface area contributed by atoms with Crippen LogP contribution in [0.15, 0.2) is 24.3 Å². The van der Waals surface area contributed by atoms with Crippen LogP contribution in [0.3, 0.4) is 0 Å². The molecule has 3 heterocycles. The van der Waals surface area contributed by atoms with Crippen molar-refractivity contribution in [1.29, 1.82) is 0 Å². The van der Waals surface area contributed by atoms with E-state index >= 15 is 0 Å². The van der Waals surface area contributed by atoms with Gasteiger partial charge in [-0.05, 0) is 25.8 Å². The molecule has 2 saturated heterocycles. The quantitative estimate of drug-likeness (QED) is 0.668. The number of para-hydroxylation sites is 1. The first-order chi connectivity index (χ1) is 13.0. The Morgan fingerprint density at radius 1 is 1.15 bits per heavy atom. The molecule has 3 aliphatic heterocycles. The number of carbonyl (C=O) groups is 3. The summed E-state index contributed by atoms with van der Waals surface area (Å²) >= 11 is 0. The first-order valence-corrected chi connectivity index (χ1v) is 9.70. The summed E-state index contributed by atoms with van der Waals surface area (Å²) in [7, 11) is 0. The van der Waals surface area contributed by atoms with Gasteiger partial charge >= 0.3 is 0 Å². The number of nitrogens with zero attached hydrogens (tertiary/aromatic N) is 1. The van der Waals surface area contributed by atoms with Crippen molar-refractivity contribution < 1.29 is 19.5 Å². The standard InChI is InChI=1S/C20H23N3O4/c1-10(24)16-14-15(18(26)23(17(14)25)11-6-2-3-7-11)20(22-16)12-8-4-5-9-13(12)21-19(20)27/h4-5,8-11,14-16,22,24H,2-3,6-7H2,1H3,(H,21,27)/t10-,14-,15-,16-,20-/m0/s1. The van der Waals surface area contributed by atoms with Crippen LogP contribution in [0.2, 0.25) is 0 Å². The minimum absolute atomic E-state index is 0.0815. The van der Waals surface area contributed by atoms with E-state index in [-0.39, 0.29) is 23.8 Å². The fourth-order valence-electron chi connectivity index (χ4n) is 5.65. The van der Waals surface area contributed by atoms with E-state index in [1.54, 1.807) is 13.0 Å². The number of benzene rings is 1. The number of anilines is 1. The number of fused-ring (bicyclic) bond motifs is 4. The molecule has 1 spiro atoms. The van der Waals surface area contributed by atoms with Gasteiger partial charge in [0.05, 0.1) is 17.9 Å². The van der Waals surface area contributed by atoms with Crippen LogP contribution in [0.1, 0.15) is 38.2 Å². The zero-order chi connectivity index (χ0) is 18.9. The van der Waals surface area contributed by atoms with E-state index < -0.39 is 29.5 Å². The van der Waals surface area contributed by atoms with Crippen LogP contribution in [0.4, 0.5) is 5.69 Å². The third-order valence-electron chi connectivity index (χ3n) is 6.80. The van der Waals surface area contributed by atoms with Gasteiger partial charge in [-0.2, -0.15) is 0 Å². The van der Waals surface area contributed by atoms with Gasteiger partial charge in [-0.3, -0.25) is 24.6 Å². The molecule has 7 nitrogen and oxygen atoms in total. The minimum Gasteiger partial charge on any atom is -0.392 e. The number of amides is 3. The van der Waals surface area contributed by atoms with Gasteiger partial charge in [-0.15, -0.1) is 0 Å². The van der Waals surface area contributed by atoms with Crippen LogP contribution in [0.5, 0.6) is 0 Å². The molecule has 5 rings (SSSR count). The molecule has 1 aliphatic carbocycles. The second-order valence-corrected chi connectivity index (χ2v) is 8.21. The van der Waals surface area contributed by atoms with E-state index in [2.05, 4.69) is 10.6 Å². The Morgan fingerprint density at radius 3 is 2.56 bits per heavy atom. The molecule has 1 saturated carbocycles. The van der Waals surface area contributed by atoms with E-state index in [1.165, 1.54) is 4.90 Å². The highest BCUT2D eigenvalue weighted by atomic mass is 16.3. The number of imide groups is 1. The lowest BCUT2D eigenvalue weighted by molar-refractivity contribution is -0.145. The van der Waals surface area contributed by atoms with E-state index in [0.29, 0.717) is 11.3 Å². The van der Waals surface area contributed by atoms with Crippen molar-refractivity contribution in [3.8, 4) is 0 Å². The number of rotatable bonds is 2. The number of likely N-dealkylation sites (tertiary alicyclic amines) is 1. The largest absolute Gasteiger partial charge is 0.392 e. The lowest BCUT2D eigenvalue weighted by Crippen LogP contribution is -2.55. The van der Waals surface area contributed by atoms with Crippen LogP contribution in [-0.4, -0.2) is 45.9 Å². The molecular weight excluding hydrogens is 346 g/mol. The van der Waals surface area contributed by atoms with Crippen molar-refractivity contribution in [3.63, 3.8) is 0 Å². The maximum Gasteiger partial charge on any atom is 0.250 e. The predicted octanol–water partition coefficient (Wildman–Crippen LogP) is 0.730. The minimum atomic E-state index is -1.30. The normalized spacial score (nSPS) is 36.4. The summed E-state index contributed by atoms with van der Waals surface area (Å²) in [5.74, 6) is -2.40. The zero-order valence-corrected chi connectivity index (χ0v) is 15.1. The average molecular weight is 369 g/mol. The van der Waals surface area contributed by atoms with Gasteiger partial charge in [0.25, 0.3) is 0 Å². The number of carbonyl (C=O) groups excluding carboxylic acids is 3. The monoisotopic (exact) mass is 369 g/mol. The summed E-state index contributed by atoms with van der Waals surface area (Å²) in [5.41, 5.74) is 0.0327. The molecule has 27 heavy (non-hydrogen) atoms. The highest BCUT2D eigenvalue weighted by molar-refractivity contribution is 6.15. The molecular formula is C20H23N3O4. The molecule has 3 amide bonds. The second-order valence-electron chi connectivity index (χ2n) is 8.21. The Morgan fingerprint density at radius 2 is 1.85 bits per heavy atom. The molecule has 1 aromatic carbocycles. The van der Waals surface area contributed by atoms with E-state index in [0.717, 1.165) is 25.7 Å². The van der Waals surface area contributed by atoms with E-state index in [9.17, 15) is 19.5 Å². The fourth-order valence-corrected chi connectivity index (χ4v) is 5.65. The average Bonchev–Trinajstić information content (AvgIpc) is 3.37. The molecule has 4 aliphatic rings. The van der Waals surface area contributed by atoms with Crippen molar-refractivity contribution in [2.75, 3.05) is 5.32 Å². The van der Waals surface area contributed by atoms with Crippen LogP contribution in [0, 0.1) is 11.8 Å². The first kappa shape index (κ1) is 16.9. The maximum absolute atomic E-state index is 13.5. The molecule has 142 valence electrons. The summed E-state index contributed by atoms with van der Waals surface area (Å²) in [6, 6.07) is 6.53. The smallest absolute Gasteiger partial charge is 0.250 e. The lowest BCUT2D eigenvalue weighted by atomic mass is 9.76. The Labute approximate surface area is 157 Å². The number of hydrogen-bond donors (Lipinski definition) is 3. The summed E-state index contributed by atoms with van der Waals surface area (Å²) < 4.78 is 0. The molecule has 0 radical (unpaired) electrons. The van der Waals surface area contributed by atoms with Gasteiger partial charge in [0.15, 0.2) is 0 Å². The Balaban J connectivity index is 1.66. The van der Waals surface area contributed by atoms with Gasteiger partial charge < -0.3 is 10.4 Å². The predicted molar refractivity (Wildman–Crippen MR) is 96.4 cm³/mol. The highest BCUT2D eigenvalue weighted by Crippen LogP contribution is 2.54. The molecule has 0 bridgehead atoms. The molecule has 3 fully saturated rings. The number of nitrogens with one attached hydrogen (secondary N) is 2. The van der Waals surface area contributed by atoms with Gasteiger partial charge in [0, 0.05) is 23.3 Å². The van der Waals surface area contributed by atoms with Gasteiger partial charge in [-0.1, -0.05) is 31.0 Å². The molecule has 7 heteroatoms. The molecule has 3 N–H and O–H groups in total. The topological polar surface area (TPSA) is 98.7 Å². The summed E-state index contributed by atoms with van der Waals surface area (Å²) in [6.07, 6.45) is 2.78. The van der Waals surface area contributed by atoms with Crippen LogP contribution in [0.25, 0.3) is 0 Å². The Kier molecular flexibility index (Phi) is 3.52. The lowest BCUT2D eigenvalue weighted by Gasteiger charge is -2.31. The zero-order valence-electron chi connectivity index (χ0n) is 15.1. The summed E-state index contributed by atoms with van der Waals surface area (Å²) in [6.45, 7) is 1.60. The van der Waals surface area contributed by atoms with Gasteiger partial charge in [0.1, 0.15) is 5.54 Å². The van der Waals surface area contributed by atoms with Crippen molar-refractivity contribution >= 4 is 23.4 Å². The summed E-state index contributed by atoms with van der Waals surface area (Å²) in [5, 5.41) is 16.4. The Bertz CT molecular complexity index is 847.